The first-order chi connectivity index (χ1) is 5.18. The largest absolute Gasteiger partial charge is 0.368 e. The highest BCUT2D eigenvalue weighted by atomic mass is 15.0. The molecule has 0 aliphatic rings. The van der Waals surface area contributed by atoms with Crippen LogP contribution in [0.5, 0.6) is 0 Å². The number of nitrogen functional groups attached to an aromatic ring is 1. The van der Waals surface area contributed by atoms with Gasteiger partial charge in [-0.2, -0.15) is 0 Å². The highest BCUT2D eigenvalue weighted by molar-refractivity contribution is 5.17. The van der Waals surface area contributed by atoms with Gasteiger partial charge in [0.25, 0.3) is 0 Å². The van der Waals surface area contributed by atoms with Gasteiger partial charge in [0.15, 0.2) is 0 Å². The Labute approximate surface area is 68.2 Å². The lowest BCUT2D eigenvalue weighted by Gasteiger charge is -2.02. The van der Waals surface area contributed by atoms with Crippen LogP contribution in [0.1, 0.15) is 20.8 Å². The molecular weight excluding hydrogens is 138 g/mol. The van der Waals surface area contributed by atoms with Gasteiger partial charge in [-0.15, -0.1) is 0 Å². The number of nitrogens with zero attached hydrogens (tertiary/aromatic N) is 2. The van der Waals surface area contributed by atoms with E-state index in [0.717, 1.165) is 12.0 Å². The summed E-state index contributed by atoms with van der Waals surface area (Å²) in [7, 11) is 0. The monoisotopic (exact) mass is 153 g/mol. The van der Waals surface area contributed by atoms with Crippen molar-refractivity contribution in [3.8, 4) is 0 Å². The molecule has 2 N–H and O–H groups in total. The van der Waals surface area contributed by atoms with Gasteiger partial charge in [-0.3, -0.25) is 0 Å². The Bertz CT molecular complexity index is 220. The van der Waals surface area contributed by atoms with Gasteiger partial charge in [-0.25, -0.2) is 9.97 Å². The lowest BCUT2D eigenvalue weighted by molar-refractivity contribution is 0.644. The smallest absolute Gasteiger partial charge is 0.219 e. The molecule has 1 aromatic rings. The van der Waals surface area contributed by atoms with Gasteiger partial charge in [0.1, 0.15) is 0 Å². The Morgan fingerprint density at radius 3 is 2.45 bits per heavy atom. The Morgan fingerprint density at radius 2 is 2.00 bits per heavy atom. The number of anilines is 1. The van der Waals surface area contributed by atoms with Crippen LogP contribution in [0, 0.1) is 5.92 Å². The summed E-state index contributed by atoms with van der Waals surface area (Å²) in [6.07, 6.45) is 4.57. The van der Waals surface area contributed by atoms with E-state index in [2.05, 4.69) is 23.8 Å². The van der Waals surface area contributed by atoms with Crippen LogP contribution in [0.3, 0.4) is 0 Å². The minimum atomic E-state index is 0. The quantitative estimate of drug-likeness (QED) is 0.700. The van der Waals surface area contributed by atoms with Gasteiger partial charge in [-0.05, 0) is 17.9 Å². The van der Waals surface area contributed by atoms with Crippen LogP contribution in [0.15, 0.2) is 12.4 Å². The second-order valence-corrected chi connectivity index (χ2v) is 3.05. The predicted octanol–water partition coefficient (Wildman–Crippen LogP) is 1.50. The third-order valence-electron chi connectivity index (χ3n) is 1.37. The molecule has 0 aromatic carbocycles. The molecule has 1 rings (SSSR count). The fourth-order valence-electron chi connectivity index (χ4n) is 0.942. The van der Waals surface area contributed by atoms with Crippen molar-refractivity contribution in [3.05, 3.63) is 18.0 Å². The first-order valence-corrected chi connectivity index (χ1v) is 3.75. The second kappa shape index (κ2) is 3.32. The molecule has 0 bridgehead atoms. The number of hydrogen-bond donors (Lipinski definition) is 1. The zero-order valence-electron chi connectivity index (χ0n) is 6.91. The maximum Gasteiger partial charge on any atom is 0.219 e. The molecule has 62 valence electrons. The van der Waals surface area contributed by atoms with E-state index in [-0.39, 0.29) is 1.43 Å². The van der Waals surface area contributed by atoms with Gasteiger partial charge in [0, 0.05) is 13.8 Å². The molecule has 1 aromatic heterocycles. The normalized spacial score (nSPS) is 10.5. The van der Waals surface area contributed by atoms with E-state index in [9.17, 15) is 0 Å². The lowest BCUT2D eigenvalue weighted by atomic mass is 10.1. The van der Waals surface area contributed by atoms with E-state index in [4.69, 9.17) is 5.73 Å². The molecule has 3 heteroatoms. The number of rotatable bonds is 2. The van der Waals surface area contributed by atoms with Crippen molar-refractivity contribution in [1.29, 1.82) is 0 Å². The second-order valence-electron chi connectivity index (χ2n) is 3.05. The minimum Gasteiger partial charge on any atom is -0.368 e. The maximum absolute atomic E-state index is 5.34. The van der Waals surface area contributed by atoms with E-state index >= 15 is 0 Å². The highest BCUT2D eigenvalue weighted by Gasteiger charge is 1.97. The van der Waals surface area contributed by atoms with Crippen LogP contribution >= 0.6 is 0 Å². The van der Waals surface area contributed by atoms with Crippen LogP contribution < -0.4 is 5.73 Å². The first-order valence-electron chi connectivity index (χ1n) is 3.75. The van der Waals surface area contributed by atoms with Gasteiger partial charge in [0.2, 0.25) is 5.95 Å². The zero-order chi connectivity index (χ0) is 8.27. The summed E-state index contributed by atoms with van der Waals surface area (Å²) >= 11 is 0. The van der Waals surface area contributed by atoms with E-state index in [1.54, 1.807) is 12.4 Å². The van der Waals surface area contributed by atoms with Crippen molar-refractivity contribution in [2.24, 2.45) is 5.92 Å². The minimum absolute atomic E-state index is 0. The molecule has 0 amide bonds. The first kappa shape index (κ1) is 7.98. The summed E-state index contributed by atoms with van der Waals surface area (Å²) in [6.45, 7) is 4.33. The maximum atomic E-state index is 5.34. The Kier molecular flexibility index (Phi) is 2.41. The van der Waals surface area contributed by atoms with Crippen molar-refractivity contribution in [3.63, 3.8) is 0 Å². The lowest BCUT2D eigenvalue weighted by Crippen LogP contribution is -1.99. The SMILES string of the molecule is CC(C)Cc1cnc(N)nc1.[HH]. The van der Waals surface area contributed by atoms with E-state index in [1.165, 1.54) is 0 Å². The molecule has 0 aliphatic carbocycles. The molecule has 11 heavy (non-hydrogen) atoms. The molecule has 0 saturated carbocycles. The van der Waals surface area contributed by atoms with Crippen molar-refractivity contribution in [2.45, 2.75) is 20.3 Å². The summed E-state index contributed by atoms with van der Waals surface area (Å²) in [4.78, 5) is 7.80. The van der Waals surface area contributed by atoms with Gasteiger partial charge in [-0.1, -0.05) is 13.8 Å². The van der Waals surface area contributed by atoms with Gasteiger partial charge >= 0.3 is 0 Å². The van der Waals surface area contributed by atoms with Crippen molar-refractivity contribution < 1.29 is 1.43 Å². The average Bonchev–Trinajstić information content (AvgIpc) is 1.93. The molecule has 0 unspecified atom stereocenters. The van der Waals surface area contributed by atoms with E-state index in [1.807, 2.05) is 0 Å². The average molecular weight is 153 g/mol. The van der Waals surface area contributed by atoms with Crippen molar-refractivity contribution in [2.75, 3.05) is 5.73 Å². The summed E-state index contributed by atoms with van der Waals surface area (Å²) < 4.78 is 0. The molecule has 0 spiro atoms. The fraction of sp³-hybridized carbons (Fsp3) is 0.500. The molecule has 1 heterocycles. The Hall–Kier alpha value is -1.12. The number of nitrogens with two attached hydrogens (primary N) is 1. The van der Waals surface area contributed by atoms with E-state index < -0.39 is 0 Å². The van der Waals surface area contributed by atoms with E-state index in [0.29, 0.717) is 11.9 Å². The fourth-order valence-corrected chi connectivity index (χ4v) is 0.942. The number of hydrogen-bond acceptors (Lipinski definition) is 3. The third kappa shape index (κ3) is 2.53. The molecule has 0 radical (unpaired) electrons. The molecule has 0 saturated heterocycles. The standard InChI is InChI=1S/C8H13N3.H2/c1-6(2)3-7-4-10-8(9)11-5-7;/h4-6H,3H2,1-2H3,(H2,9,10,11);1H. The summed E-state index contributed by atoms with van der Waals surface area (Å²) in [5.74, 6) is 0.986. The number of aromatic nitrogens is 2. The zero-order valence-corrected chi connectivity index (χ0v) is 6.91. The Morgan fingerprint density at radius 1 is 1.45 bits per heavy atom. The van der Waals surface area contributed by atoms with Gasteiger partial charge < -0.3 is 5.73 Å². The van der Waals surface area contributed by atoms with Crippen LogP contribution in [0.4, 0.5) is 5.95 Å². The van der Waals surface area contributed by atoms with Crippen molar-refractivity contribution in [1.82, 2.24) is 9.97 Å². The summed E-state index contributed by atoms with van der Waals surface area (Å²) in [5.41, 5.74) is 6.48. The molecular formula is C8H15N3. The van der Waals surface area contributed by atoms with Crippen LogP contribution in [0.2, 0.25) is 0 Å². The molecule has 0 fully saturated rings. The Balaban J connectivity index is 0.00000121. The van der Waals surface area contributed by atoms with Gasteiger partial charge in [0.05, 0.1) is 0 Å². The summed E-state index contributed by atoms with van der Waals surface area (Å²) in [6, 6.07) is 0. The van der Waals surface area contributed by atoms with Crippen LogP contribution in [-0.2, 0) is 6.42 Å². The van der Waals surface area contributed by atoms with Crippen molar-refractivity contribution >= 4 is 5.95 Å². The third-order valence-corrected chi connectivity index (χ3v) is 1.37. The molecule has 3 nitrogen and oxygen atoms in total. The molecule has 0 atom stereocenters. The topological polar surface area (TPSA) is 51.8 Å². The highest BCUT2D eigenvalue weighted by Crippen LogP contribution is 2.05. The summed E-state index contributed by atoms with van der Waals surface area (Å²) in [5, 5.41) is 0. The van der Waals surface area contributed by atoms with Crippen LogP contribution in [0.25, 0.3) is 0 Å². The van der Waals surface area contributed by atoms with Crippen LogP contribution in [-0.4, -0.2) is 9.97 Å². The molecule has 0 aliphatic heterocycles. The predicted molar refractivity (Wildman–Crippen MR) is 47.1 cm³/mol.